The highest BCUT2D eigenvalue weighted by molar-refractivity contribution is 7.68. The van der Waals surface area contributed by atoms with E-state index in [2.05, 4.69) is 0 Å². The smallest absolute Gasteiger partial charge is 0.306 e. The maximum atomic E-state index is 10.7. The van der Waals surface area contributed by atoms with Gasteiger partial charge in [0.15, 0.2) is 0 Å². The van der Waals surface area contributed by atoms with E-state index in [0.29, 0.717) is 14.4 Å². The molecule has 10 heavy (non-hydrogen) atoms. The van der Waals surface area contributed by atoms with Crippen LogP contribution < -0.4 is 0 Å². The lowest BCUT2D eigenvalue weighted by molar-refractivity contribution is -0.146. The van der Waals surface area contributed by atoms with Gasteiger partial charge in [-0.05, 0) is 27.9 Å². The predicted molar refractivity (Wildman–Crippen MR) is 44.9 cm³/mol. The number of carbonyl (C=O) groups is 1. The summed E-state index contributed by atoms with van der Waals surface area (Å²) in [7, 11) is 0.319. The molecular weight excluding hydrogens is 170 g/mol. The Balaban J connectivity index is 3.26. The summed E-state index contributed by atoms with van der Waals surface area (Å²) < 4.78 is 4.86. The number of carbonyl (C=O) groups excluding carboxylic acids is 1. The lowest BCUT2D eigenvalue weighted by Crippen LogP contribution is -2.11. The van der Waals surface area contributed by atoms with Gasteiger partial charge in [-0.2, -0.15) is 0 Å². The Hall–Kier alpha value is 0.190. The highest BCUT2D eigenvalue weighted by Gasteiger charge is 2.03. The van der Waals surface area contributed by atoms with Gasteiger partial charge in [-0.15, -0.1) is 11.2 Å². The van der Waals surface area contributed by atoms with Crippen LogP contribution >= 0.6 is 19.2 Å². The van der Waals surface area contributed by atoms with Crippen LogP contribution in [0.4, 0.5) is 0 Å². The molecule has 0 aromatic heterocycles. The molecule has 0 saturated carbocycles. The summed E-state index contributed by atoms with van der Waals surface area (Å²) in [6.07, 6.45) is 1.17. The van der Waals surface area contributed by atoms with Crippen LogP contribution in [-0.2, 0) is 9.53 Å². The van der Waals surface area contributed by atoms with Crippen LogP contribution in [0.25, 0.3) is 0 Å². The topological polar surface area (TPSA) is 26.3 Å². The molecule has 0 amide bonds. The third kappa shape index (κ3) is 6.31. The van der Waals surface area contributed by atoms with Gasteiger partial charge in [0.2, 0.25) is 0 Å². The summed E-state index contributed by atoms with van der Waals surface area (Å²) in [5.41, 5.74) is 0. The minimum Gasteiger partial charge on any atom is -0.463 e. The fourth-order valence-corrected chi connectivity index (χ4v) is 1.05. The molecule has 0 aromatic rings. The van der Waals surface area contributed by atoms with E-state index in [4.69, 9.17) is 16.0 Å². The van der Waals surface area contributed by atoms with Gasteiger partial charge in [0, 0.05) is 0 Å². The van der Waals surface area contributed by atoms with Gasteiger partial charge in [-0.25, -0.2) is 0 Å². The average Bonchev–Trinajstić information content (AvgIpc) is 1.82. The van der Waals surface area contributed by atoms with Gasteiger partial charge in [-0.3, -0.25) is 4.79 Å². The molecule has 0 bridgehead atoms. The van der Waals surface area contributed by atoms with E-state index < -0.39 is 0 Å². The first-order chi connectivity index (χ1) is 4.66. The number of esters is 1. The summed E-state index contributed by atoms with van der Waals surface area (Å²) in [6.45, 7) is 3.67. The second kappa shape index (κ2) is 5.94. The Kier molecular flexibility index (Phi) is 6.05. The zero-order valence-corrected chi connectivity index (χ0v) is 7.94. The molecule has 0 aliphatic carbocycles. The Morgan fingerprint density at radius 2 is 2.30 bits per heavy atom. The molecule has 1 atom stereocenters. The quantitative estimate of drug-likeness (QED) is 0.492. The average molecular weight is 183 g/mol. The largest absolute Gasteiger partial charge is 0.463 e. The van der Waals surface area contributed by atoms with Crippen molar-refractivity contribution in [3.8, 4) is 0 Å². The van der Waals surface area contributed by atoms with E-state index in [1.54, 1.807) is 0 Å². The van der Waals surface area contributed by atoms with E-state index in [0.717, 1.165) is 6.16 Å². The Morgan fingerprint density at radius 1 is 1.70 bits per heavy atom. The molecule has 4 heteroatoms. The van der Waals surface area contributed by atoms with E-state index in [-0.39, 0.29) is 12.1 Å². The minimum atomic E-state index is -0.150. The number of ether oxygens (including phenoxy) is 1. The predicted octanol–water partition coefficient (Wildman–Crippen LogP) is 2.16. The van der Waals surface area contributed by atoms with Crippen LogP contribution in [0.5, 0.6) is 0 Å². The van der Waals surface area contributed by atoms with Crippen LogP contribution in [0.15, 0.2) is 0 Å². The Morgan fingerprint density at radius 3 is 2.70 bits per heavy atom. The molecule has 0 aromatic carbocycles. The summed E-state index contributed by atoms with van der Waals surface area (Å²) in [6, 6.07) is 0. The van der Waals surface area contributed by atoms with Gasteiger partial charge < -0.3 is 4.74 Å². The normalized spacial score (nSPS) is 11.2. The molecule has 0 saturated heterocycles. The monoisotopic (exact) mass is 182 g/mol. The van der Waals surface area contributed by atoms with Gasteiger partial charge in [0.1, 0.15) is 0 Å². The molecule has 0 fully saturated rings. The lowest BCUT2D eigenvalue weighted by atomic mass is 10.4. The van der Waals surface area contributed by atoms with E-state index in [9.17, 15) is 4.79 Å². The lowest BCUT2D eigenvalue weighted by Gasteiger charge is -2.05. The highest BCUT2D eigenvalue weighted by atomic mass is 35.7. The number of hydrogen-bond donors (Lipinski definition) is 0. The molecule has 60 valence electrons. The Bertz CT molecular complexity index is 106. The number of rotatable bonds is 4. The summed E-state index contributed by atoms with van der Waals surface area (Å²) >= 11 is 5.40. The molecular formula is C6H12ClO2P. The number of hydrogen-bond acceptors (Lipinski definition) is 2. The molecule has 0 spiro atoms. The van der Waals surface area contributed by atoms with Crippen molar-refractivity contribution in [2.75, 3.05) is 6.16 Å². The van der Waals surface area contributed by atoms with Crippen molar-refractivity contribution in [3.05, 3.63) is 0 Å². The third-order valence-corrected chi connectivity index (χ3v) is 1.80. The zero-order chi connectivity index (χ0) is 7.98. The van der Waals surface area contributed by atoms with Crippen molar-refractivity contribution in [2.24, 2.45) is 0 Å². The first-order valence-electron chi connectivity index (χ1n) is 3.19. The van der Waals surface area contributed by atoms with E-state index >= 15 is 0 Å². The van der Waals surface area contributed by atoms with Gasteiger partial charge in [-0.1, -0.05) is 0 Å². The molecule has 0 heterocycles. The SMILES string of the molecule is CC(C)OC(=O)CCPCl. The molecule has 0 N–H and O–H groups in total. The number of halogens is 1. The van der Waals surface area contributed by atoms with Crippen LogP contribution in [0.3, 0.4) is 0 Å². The Labute approximate surface area is 67.8 Å². The standard InChI is InChI=1S/C6H12ClO2P/c1-5(2)9-6(8)3-4-10-7/h5,10H,3-4H2,1-2H3. The summed E-state index contributed by atoms with van der Waals surface area (Å²) in [5, 5.41) is 0. The molecule has 0 radical (unpaired) electrons. The van der Waals surface area contributed by atoms with Crippen LogP contribution in [0, 0.1) is 0 Å². The fraction of sp³-hybridized carbons (Fsp3) is 0.833. The van der Waals surface area contributed by atoms with Gasteiger partial charge in [0.05, 0.1) is 12.5 Å². The second-order valence-corrected chi connectivity index (χ2v) is 3.74. The molecule has 0 rings (SSSR count). The van der Waals surface area contributed by atoms with Crippen molar-refractivity contribution < 1.29 is 9.53 Å². The van der Waals surface area contributed by atoms with Crippen molar-refractivity contribution in [1.29, 1.82) is 0 Å². The molecule has 0 aliphatic rings. The third-order valence-electron chi connectivity index (χ3n) is 0.791. The first-order valence-corrected chi connectivity index (χ1v) is 5.41. The fourth-order valence-electron chi connectivity index (χ4n) is 0.471. The summed E-state index contributed by atoms with van der Waals surface area (Å²) in [5.74, 6) is -0.150. The van der Waals surface area contributed by atoms with Crippen molar-refractivity contribution in [3.63, 3.8) is 0 Å². The van der Waals surface area contributed by atoms with E-state index in [1.807, 2.05) is 13.8 Å². The van der Waals surface area contributed by atoms with Crippen molar-refractivity contribution >= 4 is 25.1 Å². The molecule has 2 nitrogen and oxygen atoms in total. The van der Waals surface area contributed by atoms with Crippen molar-refractivity contribution in [1.82, 2.24) is 0 Å². The van der Waals surface area contributed by atoms with Gasteiger partial charge >= 0.3 is 5.97 Å². The zero-order valence-electron chi connectivity index (χ0n) is 6.19. The van der Waals surface area contributed by atoms with Crippen LogP contribution in [-0.4, -0.2) is 18.2 Å². The van der Waals surface area contributed by atoms with Crippen LogP contribution in [0.1, 0.15) is 20.3 Å². The summed E-state index contributed by atoms with van der Waals surface area (Å²) in [4.78, 5) is 10.7. The second-order valence-electron chi connectivity index (χ2n) is 2.17. The maximum absolute atomic E-state index is 10.7. The van der Waals surface area contributed by atoms with Crippen molar-refractivity contribution in [2.45, 2.75) is 26.4 Å². The molecule has 1 unspecified atom stereocenters. The first kappa shape index (κ1) is 10.2. The molecule has 0 aliphatic heterocycles. The van der Waals surface area contributed by atoms with Crippen LogP contribution in [0.2, 0.25) is 0 Å². The van der Waals surface area contributed by atoms with Gasteiger partial charge in [0.25, 0.3) is 0 Å². The van der Waals surface area contributed by atoms with E-state index in [1.165, 1.54) is 0 Å². The minimum absolute atomic E-state index is 0.00819. The highest BCUT2D eigenvalue weighted by Crippen LogP contribution is 2.16. The maximum Gasteiger partial charge on any atom is 0.306 e.